The number of benzene rings is 3. The van der Waals surface area contributed by atoms with Gasteiger partial charge in [0.1, 0.15) is 17.9 Å². The van der Waals surface area contributed by atoms with Crippen molar-refractivity contribution in [2.24, 2.45) is 5.10 Å². The minimum Gasteiger partial charge on any atom is -0.488 e. The molecule has 0 bridgehead atoms. The van der Waals surface area contributed by atoms with Crippen LogP contribution in [0.1, 0.15) is 27.2 Å². The Morgan fingerprint density at radius 3 is 2.83 bits per heavy atom. The lowest BCUT2D eigenvalue weighted by molar-refractivity contribution is 0.0929. The van der Waals surface area contributed by atoms with E-state index in [9.17, 15) is 4.79 Å². The molecular formula is C24H19BrN2O3. The second-order valence-electron chi connectivity index (χ2n) is 6.81. The van der Waals surface area contributed by atoms with Gasteiger partial charge in [-0.2, -0.15) is 5.10 Å². The van der Waals surface area contributed by atoms with Crippen molar-refractivity contribution in [2.45, 2.75) is 13.5 Å². The predicted octanol–water partition coefficient (Wildman–Crippen LogP) is 5.85. The first kappa shape index (κ1) is 19.9. The predicted molar refractivity (Wildman–Crippen MR) is 121 cm³/mol. The maximum Gasteiger partial charge on any atom is 0.307 e. The number of nitrogens with one attached hydrogen (secondary N) is 1. The number of halogens is 1. The third-order valence-electron chi connectivity index (χ3n) is 4.47. The fourth-order valence-electron chi connectivity index (χ4n) is 3.02. The SMILES string of the molecule is Cc1cccc(COc2ccccc2/C=N/NC(=O)c2cc3cc(Br)ccc3o2)c1. The first-order valence-corrected chi connectivity index (χ1v) is 10.2. The molecule has 1 aromatic heterocycles. The number of hydrogen-bond acceptors (Lipinski definition) is 4. The fraction of sp³-hybridized carbons (Fsp3) is 0.0833. The maximum atomic E-state index is 12.4. The van der Waals surface area contributed by atoms with E-state index in [-0.39, 0.29) is 5.76 Å². The lowest BCUT2D eigenvalue weighted by Gasteiger charge is -2.09. The number of para-hydroxylation sites is 1. The van der Waals surface area contributed by atoms with Crippen molar-refractivity contribution in [3.63, 3.8) is 0 Å². The molecule has 1 heterocycles. The summed E-state index contributed by atoms with van der Waals surface area (Å²) in [5, 5.41) is 4.90. The minimum absolute atomic E-state index is 0.198. The van der Waals surface area contributed by atoms with Crippen LogP contribution in [0.3, 0.4) is 0 Å². The average molecular weight is 463 g/mol. The molecule has 4 aromatic rings. The Bertz CT molecular complexity index is 1230. The highest BCUT2D eigenvalue weighted by atomic mass is 79.9. The summed E-state index contributed by atoms with van der Waals surface area (Å²) in [6, 6.07) is 22.9. The smallest absolute Gasteiger partial charge is 0.307 e. The Hall–Kier alpha value is -3.38. The van der Waals surface area contributed by atoms with Gasteiger partial charge in [0, 0.05) is 15.4 Å². The van der Waals surface area contributed by atoms with Gasteiger partial charge < -0.3 is 9.15 Å². The average Bonchev–Trinajstić information content (AvgIpc) is 3.16. The highest BCUT2D eigenvalue weighted by molar-refractivity contribution is 9.10. The van der Waals surface area contributed by atoms with Crippen LogP contribution in [0.2, 0.25) is 0 Å². The number of amides is 1. The first-order valence-electron chi connectivity index (χ1n) is 9.38. The third kappa shape index (κ3) is 4.78. The van der Waals surface area contributed by atoms with E-state index in [2.05, 4.69) is 32.5 Å². The fourth-order valence-corrected chi connectivity index (χ4v) is 3.40. The summed E-state index contributed by atoms with van der Waals surface area (Å²) in [6.45, 7) is 2.50. The van der Waals surface area contributed by atoms with Crippen LogP contribution in [-0.4, -0.2) is 12.1 Å². The Morgan fingerprint density at radius 2 is 1.97 bits per heavy atom. The van der Waals surface area contributed by atoms with Gasteiger partial charge in [0.05, 0.1) is 6.21 Å². The third-order valence-corrected chi connectivity index (χ3v) is 4.96. The molecule has 1 amide bonds. The molecule has 3 aromatic carbocycles. The summed E-state index contributed by atoms with van der Waals surface area (Å²) in [6.07, 6.45) is 1.56. The second-order valence-corrected chi connectivity index (χ2v) is 7.72. The molecule has 0 saturated carbocycles. The Balaban J connectivity index is 1.42. The molecule has 0 aliphatic rings. The van der Waals surface area contributed by atoms with Crippen LogP contribution < -0.4 is 10.2 Å². The minimum atomic E-state index is -0.420. The van der Waals surface area contributed by atoms with Crippen LogP contribution in [0.25, 0.3) is 11.0 Å². The van der Waals surface area contributed by atoms with E-state index in [1.165, 1.54) is 5.56 Å². The molecule has 0 radical (unpaired) electrons. The van der Waals surface area contributed by atoms with Crippen molar-refractivity contribution < 1.29 is 13.9 Å². The molecule has 30 heavy (non-hydrogen) atoms. The van der Waals surface area contributed by atoms with E-state index in [4.69, 9.17) is 9.15 Å². The molecule has 0 atom stereocenters. The zero-order chi connectivity index (χ0) is 20.9. The maximum absolute atomic E-state index is 12.4. The van der Waals surface area contributed by atoms with E-state index in [0.717, 1.165) is 21.0 Å². The summed E-state index contributed by atoms with van der Waals surface area (Å²) in [7, 11) is 0. The van der Waals surface area contributed by atoms with Crippen LogP contribution in [0.15, 0.2) is 86.8 Å². The van der Waals surface area contributed by atoms with Gasteiger partial charge in [-0.1, -0.05) is 57.9 Å². The Morgan fingerprint density at radius 1 is 1.10 bits per heavy atom. The second kappa shape index (κ2) is 8.97. The molecule has 0 spiro atoms. The van der Waals surface area contributed by atoms with E-state index in [1.807, 2.05) is 61.5 Å². The summed E-state index contributed by atoms with van der Waals surface area (Å²) < 4.78 is 12.4. The number of ether oxygens (including phenoxy) is 1. The first-order chi connectivity index (χ1) is 14.6. The number of nitrogens with zero attached hydrogens (tertiary/aromatic N) is 1. The summed E-state index contributed by atoms with van der Waals surface area (Å²) in [4.78, 5) is 12.4. The number of rotatable bonds is 6. The lowest BCUT2D eigenvalue weighted by Crippen LogP contribution is -2.16. The van der Waals surface area contributed by atoms with Gasteiger partial charge in [0.25, 0.3) is 0 Å². The molecule has 6 heteroatoms. The highest BCUT2D eigenvalue weighted by Crippen LogP contribution is 2.23. The summed E-state index contributed by atoms with van der Waals surface area (Å²) in [5.41, 5.74) is 6.18. The number of hydrazone groups is 1. The molecule has 0 saturated heterocycles. The Labute approximate surface area is 182 Å². The van der Waals surface area contributed by atoms with Crippen molar-refractivity contribution in [3.8, 4) is 5.75 Å². The number of hydrogen-bond donors (Lipinski definition) is 1. The van der Waals surface area contributed by atoms with Crippen molar-refractivity contribution in [3.05, 3.63) is 99.7 Å². The van der Waals surface area contributed by atoms with Crippen LogP contribution in [0, 0.1) is 6.92 Å². The number of aryl methyl sites for hydroxylation is 1. The van der Waals surface area contributed by atoms with E-state index < -0.39 is 5.91 Å². The van der Waals surface area contributed by atoms with Gasteiger partial charge in [0.2, 0.25) is 0 Å². The van der Waals surface area contributed by atoms with Gasteiger partial charge in [-0.15, -0.1) is 0 Å². The molecule has 0 fully saturated rings. The van der Waals surface area contributed by atoms with Crippen LogP contribution in [0.4, 0.5) is 0 Å². The molecule has 0 aliphatic carbocycles. The highest BCUT2D eigenvalue weighted by Gasteiger charge is 2.12. The van der Waals surface area contributed by atoms with Crippen molar-refractivity contribution >= 4 is 39.0 Å². The van der Waals surface area contributed by atoms with Gasteiger partial charge in [-0.3, -0.25) is 4.79 Å². The molecule has 4 rings (SSSR count). The van der Waals surface area contributed by atoms with Gasteiger partial charge in [0.15, 0.2) is 5.76 Å². The van der Waals surface area contributed by atoms with Gasteiger partial charge >= 0.3 is 5.91 Å². The number of carbonyl (C=O) groups is 1. The van der Waals surface area contributed by atoms with E-state index in [0.29, 0.717) is 17.9 Å². The topological polar surface area (TPSA) is 63.8 Å². The van der Waals surface area contributed by atoms with Gasteiger partial charge in [-0.05, 0) is 48.9 Å². The molecular weight excluding hydrogens is 444 g/mol. The Kier molecular flexibility index (Phi) is 5.95. The monoisotopic (exact) mass is 462 g/mol. The van der Waals surface area contributed by atoms with E-state index >= 15 is 0 Å². The van der Waals surface area contributed by atoms with Crippen LogP contribution in [-0.2, 0) is 6.61 Å². The van der Waals surface area contributed by atoms with Crippen molar-refractivity contribution in [2.75, 3.05) is 0 Å². The molecule has 0 unspecified atom stereocenters. The van der Waals surface area contributed by atoms with Crippen molar-refractivity contribution in [1.82, 2.24) is 5.43 Å². The van der Waals surface area contributed by atoms with Crippen LogP contribution >= 0.6 is 15.9 Å². The van der Waals surface area contributed by atoms with Crippen molar-refractivity contribution in [1.29, 1.82) is 0 Å². The van der Waals surface area contributed by atoms with Gasteiger partial charge in [-0.25, -0.2) is 5.43 Å². The largest absolute Gasteiger partial charge is 0.488 e. The summed E-state index contributed by atoms with van der Waals surface area (Å²) >= 11 is 3.41. The van der Waals surface area contributed by atoms with Crippen LogP contribution in [0.5, 0.6) is 5.75 Å². The molecule has 1 N–H and O–H groups in total. The normalized spacial score (nSPS) is 11.1. The zero-order valence-electron chi connectivity index (χ0n) is 16.3. The lowest BCUT2D eigenvalue weighted by atomic mass is 10.1. The zero-order valence-corrected chi connectivity index (χ0v) is 17.8. The van der Waals surface area contributed by atoms with E-state index in [1.54, 1.807) is 18.3 Å². The number of fused-ring (bicyclic) bond motifs is 1. The standard InChI is InChI=1S/C24H19BrN2O3/c1-16-5-4-6-17(11-16)15-29-21-8-3-2-7-18(21)14-26-27-24(28)23-13-19-12-20(25)9-10-22(19)30-23/h2-14H,15H2,1H3,(H,27,28)/b26-14+. The quantitative estimate of drug-likeness (QED) is 0.288. The number of furan rings is 1. The molecule has 0 aliphatic heterocycles. The molecule has 5 nitrogen and oxygen atoms in total. The summed E-state index contributed by atoms with van der Waals surface area (Å²) in [5.74, 6) is 0.464. The number of carbonyl (C=O) groups excluding carboxylic acids is 1. The molecule has 150 valence electrons.